The third-order valence-corrected chi connectivity index (χ3v) is 7.69. The number of pyridine rings is 1. The smallest absolute Gasteiger partial charge is 0.409 e. The average Bonchev–Trinajstić information content (AvgIpc) is 3.29. The van der Waals surface area contributed by atoms with E-state index in [0.717, 1.165) is 48.1 Å². The molecular weight excluding hydrogens is 444 g/mol. The van der Waals surface area contributed by atoms with Crippen LogP contribution in [0.3, 0.4) is 0 Å². The first-order chi connectivity index (χ1) is 17.0. The first-order valence-electron chi connectivity index (χ1n) is 12.4. The highest BCUT2D eigenvalue weighted by Crippen LogP contribution is 2.40. The Morgan fingerprint density at radius 2 is 1.89 bits per heavy atom. The maximum atomic E-state index is 12.3. The zero-order valence-electron chi connectivity index (χ0n) is 20.3. The molecule has 184 valence electrons. The zero-order valence-corrected chi connectivity index (χ0v) is 20.3. The molecule has 1 aliphatic carbocycles. The van der Waals surface area contributed by atoms with Crippen molar-refractivity contribution < 1.29 is 19.4 Å². The number of ether oxygens (including phenoxy) is 1. The predicted molar refractivity (Wildman–Crippen MR) is 131 cm³/mol. The Balaban J connectivity index is 1.56. The molecule has 0 saturated heterocycles. The van der Waals surface area contributed by atoms with Crippen molar-refractivity contribution in [1.82, 2.24) is 19.4 Å². The highest BCUT2D eigenvalue weighted by atomic mass is 16.5. The molecule has 0 radical (unpaired) electrons. The fourth-order valence-electron chi connectivity index (χ4n) is 5.80. The van der Waals surface area contributed by atoms with Crippen molar-refractivity contribution in [3.8, 4) is 0 Å². The lowest BCUT2D eigenvalue weighted by Gasteiger charge is -2.28. The number of hydrogen-bond acceptors (Lipinski definition) is 5. The fourth-order valence-corrected chi connectivity index (χ4v) is 5.80. The number of carbonyl (C=O) groups excluding carboxylic acids is 1. The third kappa shape index (κ3) is 4.49. The Morgan fingerprint density at radius 1 is 1.14 bits per heavy atom. The van der Waals surface area contributed by atoms with Crippen LogP contribution in [0.2, 0.25) is 0 Å². The number of rotatable bonds is 5. The minimum absolute atomic E-state index is 0.160. The molecule has 5 rings (SSSR count). The summed E-state index contributed by atoms with van der Waals surface area (Å²) in [5.74, 6) is 0.294. The van der Waals surface area contributed by atoms with Crippen molar-refractivity contribution in [2.75, 3.05) is 13.7 Å². The third-order valence-electron chi connectivity index (χ3n) is 7.69. The molecule has 3 aromatic rings. The van der Waals surface area contributed by atoms with Gasteiger partial charge in [0.2, 0.25) is 0 Å². The number of carboxylic acid groups (broad SMARTS) is 1. The molecule has 1 amide bonds. The molecular formula is C27H32N4O4. The quantitative estimate of drug-likeness (QED) is 0.572. The summed E-state index contributed by atoms with van der Waals surface area (Å²) in [5, 5.41) is 9.47. The Bertz CT molecular complexity index is 1230. The molecule has 2 aliphatic rings. The summed E-state index contributed by atoms with van der Waals surface area (Å²) >= 11 is 0. The normalized spacial score (nSPS) is 20.9. The number of benzene rings is 1. The number of imidazole rings is 1. The van der Waals surface area contributed by atoms with Crippen LogP contribution in [-0.2, 0) is 28.9 Å². The van der Waals surface area contributed by atoms with Gasteiger partial charge < -0.3 is 19.3 Å². The number of nitrogens with zero attached hydrogens (tertiary/aromatic N) is 4. The number of carbonyl (C=O) groups is 2. The van der Waals surface area contributed by atoms with Crippen LogP contribution in [0.5, 0.6) is 0 Å². The summed E-state index contributed by atoms with van der Waals surface area (Å²) in [5.41, 5.74) is 5.56. The van der Waals surface area contributed by atoms with E-state index in [1.54, 1.807) is 4.90 Å². The van der Waals surface area contributed by atoms with Gasteiger partial charge in [0.25, 0.3) is 0 Å². The summed E-state index contributed by atoms with van der Waals surface area (Å²) in [6.45, 7) is 3.34. The number of fused-ring (bicyclic) bond motifs is 3. The highest BCUT2D eigenvalue weighted by Gasteiger charge is 2.32. The Labute approximate surface area is 204 Å². The SMILES string of the molecule is COC(=O)N1CCc2ccc3c(nc(C4CCC(C(=O)O)CC4)n3[C@@H](C)Cc3ccncc3)c2C1. The van der Waals surface area contributed by atoms with E-state index in [2.05, 4.69) is 28.6 Å². The largest absolute Gasteiger partial charge is 0.481 e. The Kier molecular flexibility index (Phi) is 6.45. The van der Waals surface area contributed by atoms with Crippen LogP contribution in [0.4, 0.5) is 4.79 Å². The lowest BCUT2D eigenvalue weighted by Crippen LogP contribution is -2.35. The van der Waals surface area contributed by atoms with Crippen LogP contribution < -0.4 is 0 Å². The van der Waals surface area contributed by atoms with E-state index in [-0.39, 0.29) is 24.0 Å². The number of methoxy groups -OCH3 is 1. The van der Waals surface area contributed by atoms with Crippen molar-refractivity contribution in [2.45, 2.75) is 64.0 Å². The van der Waals surface area contributed by atoms with Gasteiger partial charge in [0.1, 0.15) is 5.82 Å². The number of carboxylic acids is 1. The molecule has 1 saturated carbocycles. The van der Waals surface area contributed by atoms with E-state index in [4.69, 9.17) is 9.72 Å². The van der Waals surface area contributed by atoms with Crippen LogP contribution in [0.25, 0.3) is 11.0 Å². The first kappa shape index (κ1) is 23.3. The summed E-state index contributed by atoms with van der Waals surface area (Å²) in [7, 11) is 1.42. The molecule has 1 aliphatic heterocycles. The molecule has 35 heavy (non-hydrogen) atoms. The monoisotopic (exact) mass is 476 g/mol. The van der Waals surface area contributed by atoms with Gasteiger partial charge in [0, 0.05) is 36.5 Å². The summed E-state index contributed by atoms with van der Waals surface area (Å²) < 4.78 is 7.34. The minimum Gasteiger partial charge on any atom is -0.481 e. The number of amides is 1. The molecule has 0 spiro atoms. The second kappa shape index (κ2) is 9.68. The topological polar surface area (TPSA) is 97.5 Å². The molecule has 8 nitrogen and oxygen atoms in total. The van der Waals surface area contributed by atoms with Crippen LogP contribution in [0.15, 0.2) is 36.7 Å². The van der Waals surface area contributed by atoms with E-state index in [9.17, 15) is 14.7 Å². The van der Waals surface area contributed by atoms with E-state index in [0.29, 0.717) is 25.9 Å². The van der Waals surface area contributed by atoms with Crippen molar-refractivity contribution in [2.24, 2.45) is 5.92 Å². The van der Waals surface area contributed by atoms with Gasteiger partial charge in [-0.25, -0.2) is 9.78 Å². The molecule has 8 heteroatoms. The number of aromatic nitrogens is 3. The van der Waals surface area contributed by atoms with Crippen molar-refractivity contribution in [3.05, 3.63) is 59.2 Å². The summed E-state index contributed by atoms with van der Waals surface area (Å²) in [6, 6.07) is 8.60. The maximum Gasteiger partial charge on any atom is 0.409 e. The predicted octanol–water partition coefficient (Wildman–Crippen LogP) is 4.72. The van der Waals surface area contributed by atoms with E-state index in [1.165, 1.54) is 18.2 Å². The zero-order chi connectivity index (χ0) is 24.5. The Hall–Kier alpha value is -3.42. The molecule has 1 atom stereocenters. The van der Waals surface area contributed by atoms with Gasteiger partial charge in [-0.15, -0.1) is 0 Å². The van der Waals surface area contributed by atoms with Crippen LogP contribution in [0, 0.1) is 5.92 Å². The van der Waals surface area contributed by atoms with Crippen LogP contribution >= 0.6 is 0 Å². The first-order valence-corrected chi connectivity index (χ1v) is 12.4. The van der Waals surface area contributed by atoms with Crippen LogP contribution in [-0.4, -0.2) is 50.3 Å². The van der Waals surface area contributed by atoms with Crippen molar-refractivity contribution in [3.63, 3.8) is 0 Å². The molecule has 1 fully saturated rings. The molecule has 3 heterocycles. The van der Waals surface area contributed by atoms with E-state index in [1.807, 2.05) is 24.5 Å². The summed E-state index contributed by atoms with van der Waals surface area (Å²) in [4.78, 5) is 34.9. The van der Waals surface area contributed by atoms with Gasteiger partial charge in [-0.2, -0.15) is 0 Å². The number of hydrogen-bond donors (Lipinski definition) is 1. The van der Waals surface area contributed by atoms with Crippen molar-refractivity contribution >= 4 is 23.1 Å². The highest BCUT2D eigenvalue weighted by molar-refractivity contribution is 5.82. The van der Waals surface area contributed by atoms with Gasteiger partial charge in [-0.3, -0.25) is 9.78 Å². The molecule has 0 bridgehead atoms. The van der Waals surface area contributed by atoms with Crippen LogP contribution in [0.1, 0.15) is 67.1 Å². The lowest BCUT2D eigenvalue weighted by molar-refractivity contribution is -0.142. The number of aliphatic carboxylic acids is 1. The fraction of sp³-hybridized carbons (Fsp3) is 0.481. The maximum absolute atomic E-state index is 12.3. The van der Waals surface area contributed by atoms with E-state index < -0.39 is 5.97 Å². The second-order valence-corrected chi connectivity index (χ2v) is 9.85. The Morgan fingerprint density at radius 3 is 2.57 bits per heavy atom. The van der Waals surface area contributed by atoms with Crippen molar-refractivity contribution in [1.29, 1.82) is 0 Å². The molecule has 2 aromatic heterocycles. The average molecular weight is 477 g/mol. The van der Waals surface area contributed by atoms with Gasteiger partial charge in [-0.05, 0) is 74.8 Å². The molecule has 1 N–H and O–H groups in total. The minimum atomic E-state index is -0.694. The second-order valence-electron chi connectivity index (χ2n) is 9.85. The standard InChI is InChI=1S/C27H32N4O4/c1-17(15-18-9-12-28-13-10-18)31-23-8-7-19-11-14-30(27(34)35-2)16-22(19)24(23)29-25(31)20-3-5-21(6-4-20)26(32)33/h7-10,12-13,17,20-21H,3-6,11,14-16H2,1-2H3,(H,32,33)/t17-,20?,21?/m0/s1. The molecule has 1 aromatic carbocycles. The van der Waals surface area contributed by atoms with Gasteiger partial charge in [-0.1, -0.05) is 6.07 Å². The molecule has 0 unspecified atom stereocenters. The van der Waals surface area contributed by atoms with E-state index >= 15 is 0 Å². The lowest BCUT2D eigenvalue weighted by atomic mass is 9.81. The summed E-state index contributed by atoms with van der Waals surface area (Å²) in [6.07, 6.45) is 7.93. The van der Waals surface area contributed by atoms with Gasteiger partial charge in [0.05, 0.1) is 30.6 Å². The van der Waals surface area contributed by atoms with Gasteiger partial charge in [0.15, 0.2) is 0 Å². The van der Waals surface area contributed by atoms with Gasteiger partial charge >= 0.3 is 12.1 Å².